The highest BCUT2D eigenvalue weighted by molar-refractivity contribution is 6.15. The summed E-state index contributed by atoms with van der Waals surface area (Å²) in [6.07, 6.45) is 0. The molecule has 1 aromatic heterocycles. The largest absolute Gasteiger partial charge is 0.456 e. The van der Waals surface area contributed by atoms with E-state index in [9.17, 15) is 0 Å². The summed E-state index contributed by atoms with van der Waals surface area (Å²) in [7, 11) is 0. The van der Waals surface area contributed by atoms with Gasteiger partial charge in [0.2, 0.25) is 0 Å². The Hall–Kier alpha value is -8.98. The predicted octanol–water partition coefficient (Wildman–Crippen LogP) is 17.4. The molecule has 0 bridgehead atoms. The zero-order chi connectivity index (χ0) is 46.0. The molecule has 0 unspecified atom stereocenters. The van der Waals surface area contributed by atoms with E-state index in [1.807, 2.05) is 0 Å². The zero-order valence-corrected chi connectivity index (χ0v) is 38.2. The van der Waals surface area contributed by atoms with Crippen LogP contribution in [0.5, 0.6) is 0 Å². The van der Waals surface area contributed by atoms with E-state index in [4.69, 9.17) is 4.42 Å². The molecule has 70 heavy (non-hydrogen) atoms. The molecule has 1 spiro atoms. The quantitative estimate of drug-likeness (QED) is 0.165. The van der Waals surface area contributed by atoms with E-state index in [1.54, 1.807) is 0 Å². The van der Waals surface area contributed by atoms with E-state index in [2.05, 4.69) is 266 Å². The number of benzene rings is 11. The molecule has 0 atom stereocenters. The van der Waals surface area contributed by atoms with Crippen LogP contribution in [-0.4, -0.2) is 0 Å². The van der Waals surface area contributed by atoms with Crippen LogP contribution in [0.3, 0.4) is 0 Å². The number of nitrogens with zero attached hydrogens (tertiary/aromatic N) is 1. The summed E-state index contributed by atoms with van der Waals surface area (Å²) in [5, 5.41) is 2.15. The van der Waals surface area contributed by atoms with Gasteiger partial charge < -0.3 is 9.32 Å². The van der Waals surface area contributed by atoms with Crippen molar-refractivity contribution in [2.75, 3.05) is 4.90 Å². The van der Waals surface area contributed by atoms with Crippen molar-refractivity contribution in [1.82, 2.24) is 0 Å². The fourth-order valence-electron chi connectivity index (χ4n) is 13.1. The van der Waals surface area contributed by atoms with Gasteiger partial charge >= 0.3 is 0 Å². The van der Waals surface area contributed by atoms with Crippen molar-refractivity contribution in [1.29, 1.82) is 0 Å². The second-order valence-electron chi connectivity index (χ2n) is 19.0. The van der Waals surface area contributed by atoms with Gasteiger partial charge in [-0.25, -0.2) is 0 Å². The summed E-state index contributed by atoms with van der Waals surface area (Å²) in [4.78, 5) is 2.48. The van der Waals surface area contributed by atoms with Crippen molar-refractivity contribution >= 4 is 39.0 Å². The predicted molar refractivity (Wildman–Crippen MR) is 287 cm³/mol. The van der Waals surface area contributed by atoms with Gasteiger partial charge in [-0.15, -0.1) is 0 Å². The highest BCUT2D eigenvalue weighted by Gasteiger charge is 2.52. The van der Waals surface area contributed by atoms with Crippen LogP contribution in [0.4, 0.5) is 17.1 Å². The van der Waals surface area contributed by atoms with Crippen LogP contribution < -0.4 is 4.90 Å². The highest BCUT2D eigenvalue weighted by atomic mass is 16.3. The van der Waals surface area contributed by atoms with Crippen LogP contribution in [0.25, 0.3) is 66.4 Å². The lowest BCUT2D eigenvalue weighted by Crippen LogP contribution is -2.29. The normalized spacial score (nSPS) is 13.9. The summed E-state index contributed by atoms with van der Waals surface area (Å²) in [5.74, 6) is 0. The van der Waals surface area contributed by atoms with Crippen LogP contribution in [0.15, 0.2) is 265 Å². The maximum absolute atomic E-state index is 7.36. The van der Waals surface area contributed by atoms with E-state index >= 15 is 0 Å². The van der Waals surface area contributed by atoms with E-state index in [1.165, 1.54) is 83.5 Å². The maximum atomic E-state index is 7.36. The molecule has 0 radical (unpaired) electrons. The van der Waals surface area contributed by atoms with Gasteiger partial charge in [-0.2, -0.15) is 0 Å². The second kappa shape index (κ2) is 14.8. The first-order valence-corrected chi connectivity index (χ1v) is 24.3. The first kappa shape index (κ1) is 39.1. The Labute approximate surface area is 407 Å². The summed E-state index contributed by atoms with van der Waals surface area (Å²) in [5.41, 5.74) is 23.9. The SMILES string of the molecule is c1ccc(-c2ccc(N(c3ccc4c(c3)C3(c5ccccc5-c5ccccc53)c3ccccc3-4)c3ccc(C4(c5ccccc5)c5ccccc5-c5ccccc54)c4oc5ccccc5c34)cc2)cc1. The number of anilines is 3. The zero-order valence-electron chi connectivity index (χ0n) is 38.2. The van der Waals surface area contributed by atoms with Gasteiger partial charge in [0.15, 0.2) is 0 Å². The van der Waals surface area contributed by atoms with Crippen molar-refractivity contribution in [2.45, 2.75) is 10.8 Å². The lowest BCUT2D eigenvalue weighted by molar-refractivity contribution is 0.648. The molecule has 15 rings (SSSR count). The minimum atomic E-state index is -0.657. The molecule has 1 heterocycles. The standard InChI is InChI=1S/C68H43NO/c1-3-19-44(20-4-1)45-35-37-47(38-36-45)69(48-39-40-54-53-27-11-17-33-60(53)68(62(54)43-48)58-31-15-9-25-51(58)52-26-10-16-32-59(52)68)63-42-41-61(66-65(63)55-28-12-18-34-64(55)70-66)67(46-21-5-2-6-22-46)56-29-13-7-23-49(56)50-24-8-14-30-57(50)67/h1-43H. The molecule has 3 aliphatic carbocycles. The number of rotatable bonds is 6. The Bertz CT molecular complexity index is 3960. The van der Waals surface area contributed by atoms with Crippen LogP contribution in [0.2, 0.25) is 0 Å². The molecule has 0 fully saturated rings. The van der Waals surface area contributed by atoms with Crippen LogP contribution in [0, 0.1) is 0 Å². The van der Waals surface area contributed by atoms with Gasteiger partial charge in [-0.05, 0) is 120 Å². The lowest BCUT2D eigenvalue weighted by atomic mass is 9.67. The van der Waals surface area contributed by atoms with Crippen molar-refractivity contribution < 1.29 is 4.42 Å². The molecular formula is C68H43NO. The molecule has 0 N–H and O–H groups in total. The Morgan fingerprint density at radius 1 is 0.300 bits per heavy atom. The van der Waals surface area contributed by atoms with Gasteiger partial charge in [0.25, 0.3) is 0 Å². The Kier molecular flexibility index (Phi) is 8.24. The van der Waals surface area contributed by atoms with Crippen LogP contribution >= 0.6 is 0 Å². The number of hydrogen-bond acceptors (Lipinski definition) is 2. The van der Waals surface area contributed by atoms with Gasteiger partial charge in [0.1, 0.15) is 11.2 Å². The fraction of sp³-hybridized carbons (Fsp3) is 0.0294. The summed E-state index contributed by atoms with van der Waals surface area (Å²) >= 11 is 0. The Morgan fingerprint density at radius 2 is 0.743 bits per heavy atom. The van der Waals surface area contributed by atoms with Crippen LogP contribution in [-0.2, 0) is 10.8 Å². The smallest absolute Gasteiger partial charge is 0.142 e. The van der Waals surface area contributed by atoms with E-state index in [-0.39, 0.29) is 0 Å². The summed E-state index contributed by atoms with van der Waals surface area (Å²) < 4.78 is 7.36. The third-order valence-electron chi connectivity index (χ3n) is 15.8. The summed E-state index contributed by atoms with van der Waals surface area (Å²) in [6.45, 7) is 0. The van der Waals surface area contributed by atoms with Gasteiger partial charge in [-0.3, -0.25) is 0 Å². The van der Waals surface area contributed by atoms with Gasteiger partial charge in [0, 0.05) is 22.3 Å². The number of fused-ring (bicyclic) bond motifs is 16. The molecule has 0 aliphatic heterocycles. The third kappa shape index (κ3) is 5.12. The first-order chi connectivity index (χ1) is 34.7. The number of hydrogen-bond donors (Lipinski definition) is 0. The molecule has 326 valence electrons. The molecule has 0 amide bonds. The molecule has 12 aromatic rings. The molecular weight excluding hydrogens is 847 g/mol. The molecule has 0 saturated heterocycles. The average Bonchev–Trinajstić information content (AvgIpc) is 4.15. The Morgan fingerprint density at radius 3 is 1.31 bits per heavy atom. The Balaban J connectivity index is 1.04. The highest BCUT2D eigenvalue weighted by Crippen LogP contribution is 2.64. The molecule has 11 aromatic carbocycles. The van der Waals surface area contributed by atoms with Crippen LogP contribution in [0.1, 0.15) is 44.5 Å². The van der Waals surface area contributed by atoms with Gasteiger partial charge in [-0.1, -0.05) is 224 Å². The summed E-state index contributed by atoms with van der Waals surface area (Å²) in [6, 6.07) is 96.5. The number of furan rings is 1. The molecule has 2 nitrogen and oxygen atoms in total. The van der Waals surface area contributed by atoms with Crippen molar-refractivity contribution in [3.8, 4) is 44.5 Å². The maximum Gasteiger partial charge on any atom is 0.142 e. The lowest BCUT2D eigenvalue weighted by Gasteiger charge is -2.35. The van der Waals surface area contributed by atoms with E-state index in [0.717, 1.165) is 44.6 Å². The van der Waals surface area contributed by atoms with Crippen molar-refractivity contribution in [3.63, 3.8) is 0 Å². The average molecular weight is 890 g/mol. The fourth-order valence-corrected chi connectivity index (χ4v) is 13.1. The topological polar surface area (TPSA) is 16.4 Å². The monoisotopic (exact) mass is 889 g/mol. The molecule has 3 aliphatic rings. The van der Waals surface area contributed by atoms with Gasteiger partial charge in [0.05, 0.1) is 21.9 Å². The first-order valence-electron chi connectivity index (χ1n) is 24.3. The van der Waals surface area contributed by atoms with E-state index < -0.39 is 10.8 Å². The van der Waals surface area contributed by atoms with E-state index in [0.29, 0.717) is 0 Å². The van der Waals surface area contributed by atoms with Crippen molar-refractivity contribution in [3.05, 3.63) is 305 Å². The number of para-hydroxylation sites is 1. The second-order valence-corrected chi connectivity index (χ2v) is 19.0. The minimum absolute atomic E-state index is 0.495. The van der Waals surface area contributed by atoms with Crippen molar-refractivity contribution in [2.24, 2.45) is 0 Å². The molecule has 2 heteroatoms. The molecule has 0 saturated carbocycles. The minimum Gasteiger partial charge on any atom is -0.456 e. The third-order valence-corrected chi connectivity index (χ3v) is 15.8.